The number of hydrogen-bond acceptors (Lipinski definition) is 4. The van der Waals surface area contributed by atoms with E-state index in [1.54, 1.807) is 18.5 Å². The van der Waals surface area contributed by atoms with Gasteiger partial charge >= 0.3 is 0 Å². The van der Waals surface area contributed by atoms with Crippen molar-refractivity contribution in [2.75, 3.05) is 0 Å². The van der Waals surface area contributed by atoms with Crippen LogP contribution in [0.3, 0.4) is 0 Å². The SMILES string of the molecule is CC(C)(C)NCc1ccc(OCc2ncccn2)c(Cl)c1. The molecule has 0 unspecified atom stereocenters. The fourth-order valence-electron chi connectivity index (χ4n) is 1.69. The molecule has 21 heavy (non-hydrogen) atoms. The van der Waals surface area contributed by atoms with E-state index >= 15 is 0 Å². The number of rotatable bonds is 5. The van der Waals surface area contributed by atoms with E-state index in [2.05, 4.69) is 36.1 Å². The first-order valence-electron chi connectivity index (χ1n) is 6.86. The van der Waals surface area contributed by atoms with E-state index in [-0.39, 0.29) is 5.54 Å². The van der Waals surface area contributed by atoms with E-state index in [1.165, 1.54) is 0 Å². The number of nitrogens with one attached hydrogen (secondary N) is 1. The van der Waals surface area contributed by atoms with Crippen molar-refractivity contribution in [1.29, 1.82) is 0 Å². The van der Waals surface area contributed by atoms with Crippen molar-refractivity contribution in [3.8, 4) is 5.75 Å². The van der Waals surface area contributed by atoms with Gasteiger partial charge in [0.1, 0.15) is 12.4 Å². The van der Waals surface area contributed by atoms with Crippen LogP contribution in [0.5, 0.6) is 5.75 Å². The van der Waals surface area contributed by atoms with Crippen LogP contribution in [0.2, 0.25) is 5.02 Å². The van der Waals surface area contributed by atoms with Crippen molar-refractivity contribution < 1.29 is 4.74 Å². The minimum Gasteiger partial charge on any atom is -0.484 e. The number of hydrogen-bond donors (Lipinski definition) is 1. The minimum absolute atomic E-state index is 0.0757. The van der Waals surface area contributed by atoms with Gasteiger partial charge in [-0.25, -0.2) is 9.97 Å². The lowest BCUT2D eigenvalue weighted by molar-refractivity contribution is 0.296. The first-order chi connectivity index (χ1) is 9.94. The average molecular weight is 306 g/mol. The van der Waals surface area contributed by atoms with Crippen LogP contribution in [0.4, 0.5) is 0 Å². The lowest BCUT2D eigenvalue weighted by atomic mass is 10.1. The van der Waals surface area contributed by atoms with Gasteiger partial charge < -0.3 is 10.1 Å². The van der Waals surface area contributed by atoms with Crippen molar-refractivity contribution in [2.45, 2.75) is 39.5 Å². The van der Waals surface area contributed by atoms with Crippen LogP contribution in [0.25, 0.3) is 0 Å². The Bertz CT molecular complexity index is 582. The smallest absolute Gasteiger partial charge is 0.166 e. The summed E-state index contributed by atoms with van der Waals surface area (Å²) in [7, 11) is 0. The monoisotopic (exact) mass is 305 g/mol. The van der Waals surface area contributed by atoms with Crippen LogP contribution in [0.1, 0.15) is 32.2 Å². The molecular formula is C16H20ClN3O. The molecule has 0 aliphatic heterocycles. The molecule has 5 heteroatoms. The quantitative estimate of drug-likeness (QED) is 0.917. The van der Waals surface area contributed by atoms with Gasteiger partial charge in [0.05, 0.1) is 5.02 Å². The second kappa shape index (κ2) is 6.87. The Morgan fingerprint density at radius 2 is 1.90 bits per heavy atom. The van der Waals surface area contributed by atoms with E-state index in [1.807, 2.05) is 18.2 Å². The standard InChI is InChI=1S/C16H20ClN3O/c1-16(2,3)20-10-12-5-6-14(13(17)9-12)21-11-15-18-7-4-8-19-15/h4-9,20H,10-11H2,1-3H3. The van der Waals surface area contributed by atoms with Gasteiger partial charge in [0.15, 0.2) is 5.82 Å². The van der Waals surface area contributed by atoms with Gasteiger partial charge in [-0.2, -0.15) is 0 Å². The summed E-state index contributed by atoms with van der Waals surface area (Å²) in [5.74, 6) is 1.27. The van der Waals surface area contributed by atoms with Gasteiger partial charge in [0.2, 0.25) is 0 Å². The van der Waals surface area contributed by atoms with Gasteiger partial charge in [-0.15, -0.1) is 0 Å². The van der Waals surface area contributed by atoms with Crippen molar-refractivity contribution in [3.05, 3.63) is 53.1 Å². The largest absolute Gasteiger partial charge is 0.484 e. The Labute approximate surface area is 130 Å². The molecule has 0 aliphatic rings. The molecule has 0 saturated carbocycles. The molecule has 1 aromatic heterocycles. The first kappa shape index (κ1) is 15.7. The van der Waals surface area contributed by atoms with E-state index in [0.29, 0.717) is 23.2 Å². The van der Waals surface area contributed by atoms with Crippen molar-refractivity contribution in [1.82, 2.24) is 15.3 Å². The van der Waals surface area contributed by atoms with Crippen LogP contribution in [0.15, 0.2) is 36.7 Å². The molecule has 1 aromatic carbocycles. The fraction of sp³-hybridized carbons (Fsp3) is 0.375. The molecule has 0 radical (unpaired) electrons. The second-order valence-corrected chi connectivity index (χ2v) is 6.23. The maximum Gasteiger partial charge on any atom is 0.166 e. The first-order valence-corrected chi connectivity index (χ1v) is 7.24. The van der Waals surface area contributed by atoms with E-state index in [4.69, 9.17) is 16.3 Å². The van der Waals surface area contributed by atoms with Crippen LogP contribution >= 0.6 is 11.6 Å². The lowest BCUT2D eigenvalue weighted by Gasteiger charge is -2.20. The van der Waals surface area contributed by atoms with Crippen LogP contribution in [-0.2, 0) is 13.2 Å². The van der Waals surface area contributed by atoms with Crippen molar-refractivity contribution in [3.63, 3.8) is 0 Å². The Kier molecular flexibility index (Phi) is 5.15. The Hall–Kier alpha value is -1.65. The molecule has 112 valence electrons. The molecule has 4 nitrogen and oxygen atoms in total. The summed E-state index contributed by atoms with van der Waals surface area (Å²) in [5.41, 5.74) is 1.20. The topological polar surface area (TPSA) is 47.0 Å². The van der Waals surface area contributed by atoms with Crippen molar-refractivity contribution in [2.24, 2.45) is 0 Å². The summed E-state index contributed by atoms with van der Waals surface area (Å²) in [6, 6.07) is 7.58. The maximum absolute atomic E-state index is 6.25. The van der Waals surface area contributed by atoms with E-state index in [0.717, 1.165) is 12.1 Å². The predicted molar refractivity (Wildman–Crippen MR) is 84.4 cm³/mol. The summed E-state index contributed by atoms with van der Waals surface area (Å²) < 4.78 is 5.65. The van der Waals surface area contributed by atoms with Gasteiger partial charge in [-0.1, -0.05) is 17.7 Å². The number of aromatic nitrogens is 2. The molecule has 0 saturated heterocycles. The van der Waals surface area contributed by atoms with Gasteiger partial charge in [-0.3, -0.25) is 0 Å². The Morgan fingerprint density at radius 3 is 2.52 bits per heavy atom. The zero-order chi connectivity index (χ0) is 15.3. The predicted octanol–water partition coefficient (Wildman–Crippen LogP) is 3.60. The summed E-state index contributed by atoms with van der Waals surface area (Å²) in [5, 5.41) is 4.02. The molecule has 0 amide bonds. The molecule has 0 aliphatic carbocycles. The third-order valence-corrected chi connectivity index (χ3v) is 3.09. The van der Waals surface area contributed by atoms with Crippen LogP contribution in [0, 0.1) is 0 Å². The van der Waals surface area contributed by atoms with Gasteiger partial charge in [-0.05, 0) is 44.5 Å². The normalized spacial score (nSPS) is 11.4. The Balaban J connectivity index is 1.96. The summed E-state index contributed by atoms with van der Waals surface area (Å²) in [6.07, 6.45) is 3.38. The molecule has 0 fully saturated rings. The van der Waals surface area contributed by atoms with Gasteiger partial charge in [0, 0.05) is 24.5 Å². The Morgan fingerprint density at radius 1 is 1.19 bits per heavy atom. The summed E-state index contributed by atoms with van der Waals surface area (Å²) >= 11 is 6.25. The molecule has 0 spiro atoms. The highest BCUT2D eigenvalue weighted by molar-refractivity contribution is 6.32. The zero-order valence-electron chi connectivity index (χ0n) is 12.6. The maximum atomic E-state index is 6.25. The molecule has 1 N–H and O–H groups in total. The highest BCUT2D eigenvalue weighted by Gasteiger charge is 2.10. The third-order valence-electron chi connectivity index (χ3n) is 2.80. The highest BCUT2D eigenvalue weighted by atomic mass is 35.5. The second-order valence-electron chi connectivity index (χ2n) is 5.82. The molecule has 2 rings (SSSR count). The van der Waals surface area contributed by atoms with Crippen LogP contribution < -0.4 is 10.1 Å². The molecule has 1 heterocycles. The number of benzene rings is 1. The van der Waals surface area contributed by atoms with Gasteiger partial charge in [0.25, 0.3) is 0 Å². The van der Waals surface area contributed by atoms with Crippen LogP contribution in [-0.4, -0.2) is 15.5 Å². The fourth-order valence-corrected chi connectivity index (χ4v) is 1.94. The molecule has 0 bridgehead atoms. The molecular weight excluding hydrogens is 286 g/mol. The van der Waals surface area contributed by atoms with E-state index < -0.39 is 0 Å². The zero-order valence-corrected chi connectivity index (χ0v) is 13.3. The lowest BCUT2D eigenvalue weighted by Crippen LogP contribution is -2.35. The number of nitrogens with zero attached hydrogens (tertiary/aromatic N) is 2. The average Bonchev–Trinajstić information content (AvgIpc) is 2.44. The third kappa shape index (κ3) is 5.33. The molecule has 2 aromatic rings. The minimum atomic E-state index is 0.0757. The van der Waals surface area contributed by atoms with E-state index in [9.17, 15) is 0 Å². The highest BCUT2D eigenvalue weighted by Crippen LogP contribution is 2.26. The van der Waals surface area contributed by atoms with Crippen molar-refractivity contribution >= 4 is 11.6 Å². The number of ether oxygens (including phenoxy) is 1. The molecule has 0 atom stereocenters. The summed E-state index contributed by atoms with van der Waals surface area (Å²) in [6.45, 7) is 7.47. The summed E-state index contributed by atoms with van der Waals surface area (Å²) in [4.78, 5) is 8.22. The number of halogens is 1.